The number of nitrogens with zero attached hydrogens (tertiary/aromatic N) is 1. The van der Waals surface area contributed by atoms with Gasteiger partial charge in [0.1, 0.15) is 0 Å². The molecule has 0 N–H and O–H groups in total. The van der Waals surface area contributed by atoms with Crippen LogP contribution in [-0.2, 0) is 0 Å². The van der Waals surface area contributed by atoms with Crippen LogP contribution in [0.2, 0.25) is 0 Å². The molecule has 1 nitrogen and oxygen atoms in total. The van der Waals surface area contributed by atoms with Crippen molar-refractivity contribution in [2.45, 2.75) is 47.0 Å². The van der Waals surface area contributed by atoms with Gasteiger partial charge in [0, 0.05) is 0 Å². The third-order valence-corrected chi connectivity index (χ3v) is 2.56. The smallest absolute Gasteiger partial charge is 0.00163 e. The topological polar surface area (TPSA) is 3.24 Å². The molecule has 0 radical (unpaired) electrons. The zero-order valence-corrected chi connectivity index (χ0v) is 9.27. The van der Waals surface area contributed by atoms with E-state index in [1.54, 1.807) is 0 Å². The minimum Gasteiger partial charge on any atom is -0.304 e. The normalized spacial score (nSPS) is 25.5. The van der Waals surface area contributed by atoms with Crippen molar-refractivity contribution in [2.24, 2.45) is 5.92 Å². The lowest BCUT2D eigenvalue weighted by atomic mass is 10.0. The SMILES string of the molecule is CC.CCN1CCCC(C)CC1. The van der Waals surface area contributed by atoms with E-state index in [-0.39, 0.29) is 0 Å². The first kappa shape index (κ1) is 12.0. The Morgan fingerprint density at radius 3 is 2.42 bits per heavy atom. The molecule has 12 heavy (non-hydrogen) atoms. The van der Waals surface area contributed by atoms with Crippen LogP contribution in [0.3, 0.4) is 0 Å². The molecule has 0 aromatic carbocycles. The second-order valence-electron chi connectivity index (χ2n) is 3.47. The summed E-state index contributed by atoms with van der Waals surface area (Å²) in [6.07, 6.45) is 4.26. The zero-order valence-electron chi connectivity index (χ0n) is 9.27. The van der Waals surface area contributed by atoms with E-state index < -0.39 is 0 Å². The van der Waals surface area contributed by atoms with Crippen molar-refractivity contribution in [3.05, 3.63) is 0 Å². The number of rotatable bonds is 1. The van der Waals surface area contributed by atoms with E-state index in [4.69, 9.17) is 0 Å². The summed E-state index contributed by atoms with van der Waals surface area (Å²) in [6.45, 7) is 12.5. The van der Waals surface area contributed by atoms with Crippen LogP contribution in [0.5, 0.6) is 0 Å². The predicted molar refractivity (Wildman–Crippen MR) is 56.5 cm³/mol. The van der Waals surface area contributed by atoms with Crippen molar-refractivity contribution >= 4 is 0 Å². The molecule has 1 aliphatic rings. The van der Waals surface area contributed by atoms with E-state index in [9.17, 15) is 0 Å². The minimum atomic E-state index is 0.969. The van der Waals surface area contributed by atoms with E-state index in [1.165, 1.54) is 38.9 Å². The molecule has 1 heterocycles. The van der Waals surface area contributed by atoms with Crippen molar-refractivity contribution in [1.29, 1.82) is 0 Å². The molecule has 0 saturated carbocycles. The third-order valence-electron chi connectivity index (χ3n) is 2.56. The summed E-state index contributed by atoms with van der Waals surface area (Å²) in [5.74, 6) is 0.969. The Morgan fingerprint density at radius 1 is 1.17 bits per heavy atom. The van der Waals surface area contributed by atoms with Crippen molar-refractivity contribution in [3.63, 3.8) is 0 Å². The Morgan fingerprint density at radius 2 is 1.83 bits per heavy atom. The maximum absolute atomic E-state index is 2.56. The molecule has 0 aliphatic carbocycles. The number of hydrogen-bond acceptors (Lipinski definition) is 1. The maximum atomic E-state index is 2.56. The Bertz CT molecular complexity index is 91.0. The minimum absolute atomic E-state index is 0.969. The van der Waals surface area contributed by atoms with Crippen molar-refractivity contribution in [2.75, 3.05) is 19.6 Å². The van der Waals surface area contributed by atoms with Crippen LogP contribution in [0.1, 0.15) is 47.0 Å². The second kappa shape index (κ2) is 7.60. The van der Waals surface area contributed by atoms with Crippen molar-refractivity contribution < 1.29 is 0 Å². The molecule has 1 atom stereocenters. The van der Waals surface area contributed by atoms with Gasteiger partial charge in [-0.2, -0.15) is 0 Å². The van der Waals surface area contributed by atoms with Gasteiger partial charge in [0.25, 0.3) is 0 Å². The average Bonchev–Trinajstić information content (AvgIpc) is 2.33. The Balaban J connectivity index is 0.000000561. The Kier molecular flexibility index (Phi) is 7.58. The molecule has 0 spiro atoms. The highest BCUT2D eigenvalue weighted by Crippen LogP contribution is 2.15. The highest BCUT2D eigenvalue weighted by molar-refractivity contribution is 4.65. The molecule has 1 heteroatoms. The summed E-state index contributed by atoms with van der Waals surface area (Å²) in [7, 11) is 0. The molecule has 1 rings (SSSR count). The predicted octanol–water partition coefficient (Wildman–Crippen LogP) is 3.15. The van der Waals surface area contributed by atoms with E-state index in [2.05, 4.69) is 18.7 Å². The van der Waals surface area contributed by atoms with Crippen LogP contribution >= 0.6 is 0 Å². The summed E-state index contributed by atoms with van der Waals surface area (Å²) in [5, 5.41) is 0. The Hall–Kier alpha value is -0.0400. The molecule has 74 valence electrons. The van der Waals surface area contributed by atoms with E-state index in [0.29, 0.717) is 0 Å². The second-order valence-corrected chi connectivity index (χ2v) is 3.47. The molecule has 0 aromatic rings. The van der Waals surface area contributed by atoms with Crippen LogP contribution in [-0.4, -0.2) is 24.5 Å². The quantitative estimate of drug-likeness (QED) is 0.586. The standard InChI is InChI=1S/C9H19N.C2H6/c1-3-10-7-4-5-9(2)6-8-10;1-2/h9H,3-8H2,1-2H3;1-2H3. The molecular weight excluding hydrogens is 146 g/mol. The molecule has 1 aliphatic heterocycles. The fraction of sp³-hybridized carbons (Fsp3) is 1.00. The molecule has 0 bridgehead atoms. The largest absolute Gasteiger partial charge is 0.304 e. The highest BCUT2D eigenvalue weighted by Gasteiger charge is 2.11. The van der Waals surface area contributed by atoms with E-state index in [0.717, 1.165) is 5.92 Å². The lowest BCUT2D eigenvalue weighted by Crippen LogP contribution is -2.23. The van der Waals surface area contributed by atoms with E-state index >= 15 is 0 Å². The summed E-state index contributed by atoms with van der Waals surface area (Å²) in [4.78, 5) is 2.56. The molecule has 0 aromatic heterocycles. The lowest BCUT2D eigenvalue weighted by Gasteiger charge is -2.16. The summed E-state index contributed by atoms with van der Waals surface area (Å²) >= 11 is 0. The van der Waals surface area contributed by atoms with Gasteiger partial charge in [0.05, 0.1) is 0 Å². The molecule has 1 unspecified atom stereocenters. The monoisotopic (exact) mass is 171 g/mol. The first-order valence-electron chi connectivity index (χ1n) is 5.55. The van der Waals surface area contributed by atoms with E-state index in [1.807, 2.05) is 13.8 Å². The number of likely N-dealkylation sites (tertiary alicyclic amines) is 1. The van der Waals surface area contributed by atoms with Gasteiger partial charge < -0.3 is 4.90 Å². The Labute approximate surface area is 78.1 Å². The summed E-state index contributed by atoms with van der Waals surface area (Å²) < 4.78 is 0. The van der Waals surface area contributed by atoms with Crippen molar-refractivity contribution in [3.8, 4) is 0 Å². The summed E-state index contributed by atoms with van der Waals surface area (Å²) in [6, 6.07) is 0. The fourth-order valence-electron chi connectivity index (χ4n) is 1.64. The fourth-order valence-corrected chi connectivity index (χ4v) is 1.64. The van der Waals surface area contributed by atoms with Crippen LogP contribution < -0.4 is 0 Å². The first-order chi connectivity index (χ1) is 5.83. The molecule has 0 amide bonds. The van der Waals surface area contributed by atoms with Crippen LogP contribution in [0, 0.1) is 5.92 Å². The summed E-state index contributed by atoms with van der Waals surface area (Å²) in [5.41, 5.74) is 0. The maximum Gasteiger partial charge on any atom is -0.00163 e. The van der Waals surface area contributed by atoms with Gasteiger partial charge in [-0.3, -0.25) is 0 Å². The molecule has 1 fully saturated rings. The van der Waals surface area contributed by atoms with Gasteiger partial charge >= 0.3 is 0 Å². The van der Waals surface area contributed by atoms with Gasteiger partial charge in [0.15, 0.2) is 0 Å². The first-order valence-corrected chi connectivity index (χ1v) is 5.55. The third kappa shape index (κ3) is 4.76. The average molecular weight is 171 g/mol. The number of hydrogen-bond donors (Lipinski definition) is 0. The molecule has 1 saturated heterocycles. The van der Waals surface area contributed by atoms with Crippen molar-refractivity contribution in [1.82, 2.24) is 4.90 Å². The van der Waals surface area contributed by atoms with Crippen LogP contribution in [0.4, 0.5) is 0 Å². The molecular formula is C11H25N. The van der Waals surface area contributed by atoms with Gasteiger partial charge in [-0.1, -0.05) is 27.7 Å². The van der Waals surface area contributed by atoms with Crippen LogP contribution in [0.25, 0.3) is 0 Å². The zero-order chi connectivity index (χ0) is 9.40. The van der Waals surface area contributed by atoms with Crippen LogP contribution in [0.15, 0.2) is 0 Å². The van der Waals surface area contributed by atoms with Gasteiger partial charge in [0.2, 0.25) is 0 Å². The van der Waals surface area contributed by atoms with Gasteiger partial charge in [-0.15, -0.1) is 0 Å². The lowest BCUT2D eigenvalue weighted by molar-refractivity contribution is 0.297. The van der Waals surface area contributed by atoms with Gasteiger partial charge in [-0.25, -0.2) is 0 Å². The van der Waals surface area contributed by atoms with Gasteiger partial charge in [-0.05, 0) is 44.8 Å². The highest BCUT2D eigenvalue weighted by atomic mass is 15.1.